The first-order chi connectivity index (χ1) is 9.34. The van der Waals surface area contributed by atoms with Crippen LogP contribution in [0.1, 0.15) is 17.5 Å². The average Bonchev–Trinajstić information content (AvgIpc) is 2.47. The van der Waals surface area contributed by atoms with Crippen molar-refractivity contribution in [3.05, 3.63) is 77.9 Å². The second-order valence-electron chi connectivity index (χ2n) is 4.21. The molecule has 94 valence electrons. The molecule has 1 heteroatoms. The molecule has 0 heterocycles. The molecule has 1 atom stereocenters. The van der Waals surface area contributed by atoms with Crippen molar-refractivity contribution in [2.45, 2.75) is 12.5 Å². The predicted molar refractivity (Wildman–Crippen MR) is 79.4 cm³/mol. The minimum Gasteiger partial charge on any atom is -0.388 e. The maximum absolute atomic E-state index is 9.80. The SMILES string of the molecule is OC(/C=C/c1ccccc1)CC#Cc1ccccc1. The summed E-state index contributed by atoms with van der Waals surface area (Å²) in [6.07, 6.45) is 3.60. The van der Waals surface area contributed by atoms with Crippen LogP contribution in [0.2, 0.25) is 0 Å². The van der Waals surface area contributed by atoms with E-state index >= 15 is 0 Å². The summed E-state index contributed by atoms with van der Waals surface area (Å²) in [6.45, 7) is 0. The third-order valence-corrected chi connectivity index (χ3v) is 2.63. The molecule has 0 fully saturated rings. The quantitative estimate of drug-likeness (QED) is 0.824. The van der Waals surface area contributed by atoms with E-state index in [0.717, 1.165) is 11.1 Å². The lowest BCUT2D eigenvalue weighted by atomic mass is 10.1. The fourth-order valence-corrected chi connectivity index (χ4v) is 1.63. The predicted octanol–water partition coefficient (Wildman–Crippen LogP) is 3.50. The van der Waals surface area contributed by atoms with Crippen molar-refractivity contribution in [2.24, 2.45) is 0 Å². The van der Waals surface area contributed by atoms with E-state index in [2.05, 4.69) is 11.8 Å². The first-order valence-electron chi connectivity index (χ1n) is 6.30. The minimum absolute atomic E-state index is 0.443. The van der Waals surface area contributed by atoms with Crippen LogP contribution >= 0.6 is 0 Å². The monoisotopic (exact) mass is 248 g/mol. The number of aliphatic hydroxyl groups excluding tert-OH is 1. The molecule has 2 aromatic carbocycles. The molecule has 19 heavy (non-hydrogen) atoms. The zero-order valence-electron chi connectivity index (χ0n) is 10.7. The van der Waals surface area contributed by atoms with Gasteiger partial charge in [-0.2, -0.15) is 0 Å². The Labute approximate surface area is 114 Å². The summed E-state index contributed by atoms with van der Waals surface area (Å²) in [4.78, 5) is 0. The summed E-state index contributed by atoms with van der Waals surface area (Å²) < 4.78 is 0. The Bertz CT molecular complexity index is 573. The van der Waals surface area contributed by atoms with E-state index in [9.17, 15) is 5.11 Å². The number of aliphatic hydroxyl groups is 1. The van der Waals surface area contributed by atoms with Crippen LogP contribution < -0.4 is 0 Å². The van der Waals surface area contributed by atoms with Crippen molar-refractivity contribution in [1.82, 2.24) is 0 Å². The maximum Gasteiger partial charge on any atom is 0.0833 e. The lowest BCUT2D eigenvalue weighted by Crippen LogP contribution is -1.99. The maximum atomic E-state index is 9.80. The third-order valence-electron chi connectivity index (χ3n) is 2.63. The van der Waals surface area contributed by atoms with Crippen molar-refractivity contribution < 1.29 is 5.11 Å². The topological polar surface area (TPSA) is 20.2 Å². The Morgan fingerprint density at radius 2 is 1.58 bits per heavy atom. The Kier molecular flexibility index (Phi) is 4.98. The van der Waals surface area contributed by atoms with Gasteiger partial charge in [-0.05, 0) is 17.7 Å². The molecule has 0 aromatic heterocycles. The lowest BCUT2D eigenvalue weighted by molar-refractivity contribution is 0.230. The fraction of sp³-hybridized carbons (Fsp3) is 0.111. The molecule has 1 N–H and O–H groups in total. The number of benzene rings is 2. The van der Waals surface area contributed by atoms with E-state index in [0.29, 0.717) is 6.42 Å². The van der Waals surface area contributed by atoms with Crippen molar-refractivity contribution in [1.29, 1.82) is 0 Å². The first-order valence-corrected chi connectivity index (χ1v) is 6.30. The highest BCUT2D eigenvalue weighted by molar-refractivity contribution is 5.49. The molecule has 0 bridgehead atoms. The Balaban J connectivity index is 1.87. The summed E-state index contributed by atoms with van der Waals surface area (Å²) in [5, 5.41) is 9.80. The average molecular weight is 248 g/mol. The molecular weight excluding hydrogens is 232 g/mol. The van der Waals surface area contributed by atoms with E-state index < -0.39 is 6.10 Å². The van der Waals surface area contributed by atoms with Gasteiger partial charge in [0.25, 0.3) is 0 Å². The molecule has 0 spiro atoms. The van der Waals surface area contributed by atoms with Crippen LogP contribution in [-0.4, -0.2) is 11.2 Å². The van der Waals surface area contributed by atoms with Crippen LogP contribution in [0.3, 0.4) is 0 Å². The van der Waals surface area contributed by atoms with E-state index in [1.165, 1.54) is 0 Å². The summed E-state index contributed by atoms with van der Waals surface area (Å²) in [5.41, 5.74) is 2.05. The molecule has 0 aliphatic carbocycles. The Morgan fingerprint density at radius 3 is 2.26 bits per heavy atom. The number of rotatable bonds is 3. The van der Waals surface area contributed by atoms with Crippen LogP contribution in [0.4, 0.5) is 0 Å². The number of hydrogen-bond acceptors (Lipinski definition) is 1. The second-order valence-corrected chi connectivity index (χ2v) is 4.21. The molecular formula is C18H16O. The molecule has 0 amide bonds. The van der Waals surface area contributed by atoms with Crippen LogP contribution in [0.25, 0.3) is 6.08 Å². The second kappa shape index (κ2) is 7.20. The van der Waals surface area contributed by atoms with Gasteiger partial charge in [0.05, 0.1) is 6.10 Å². The Hall–Kier alpha value is -2.30. The largest absolute Gasteiger partial charge is 0.388 e. The smallest absolute Gasteiger partial charge is 0.0833 e. The van der Waals surface area contributed by atoms with Gasteiger partial charge in [-0.1, -0.05) is 72.5 Å². The first kappa shape index (κ1) is 13.1. The normalized spacial score (nSPS) is 11.8. The van der Waals surface area contributed by atoms with Gasteiger partial charge in [0, 0.05) is 12.0 Å². The van der Waals surface area contributed by atoms with Crippen molar-refractivity contribution >= 4 is 6.08 Å². The fourth-order valence-electron chi connectivity index (χ4n) is 1.63. The molecule has 0 radical (unpaired) electrons. The molecule has 2 rings (SSSR count). The molecule has 2 aromatic rings. The van der Waals surface area contributed by atoms with E-state index in [-0.39, 0.29) is 0 Å². The number of hydrogen-bond donors (Lipinski definition) is 1. The summed E-state index contributed by atoms with van der Waals surface area (Å²) >= 11 is 0. The molecule has 0 aliphatic heterocycles. The van der Waals surface area contributed by atoms with Crippen LogP contribution in [0.15, 0.2) is 66.7 Å². The zero-order chi connectivity index (χ0) is 13.3. The van der Waals surface area contributed by atoms with Gasteiger partial charge in [-0.3, -0.25) is 0 Å². The molecule has 1 nitrogen and oxygen atoms in total. The van der Waals surface area contributed by atoms with Crippen LogP contribution in [0, 0.1) is 11.8 Å². The standard InChI is InChI=1S/C18H16O/c19-18(15-14-17-10-5-2-6-11-17)13-7-12-16-8-3-1-4-9-16/h1-6,8-11,14-15,18-19H,13H2/b15-14+. The van der Waals surface area contributed by atoms with Crippen LogP contribution in [0.5, 0.6) is 0 Å². The Morgan fingerprint density at radius 1 is 0.947 bits per heavy atom. The van der Waals surface area contributed by atoms with Crippen LogP contribution in [-0.2, 0) is 0 Å². The van der Waals surface area contributed by atoms with E-state index in [1.807, 2.05) is 66.7 Å². The molecule has 0 saturated heterocycles. The molecule has 0 saturated carbocycles. The van der Waals surface area contributed by atoms with Gasteiger partial charge in [0.2, 0.25) is 0 Å². The highest BCUT2D eigenvalue weighted by atomic mass is 16.3. The summed E-state index contributed by atoms with van der Waals surface area (Å²) in [7, 11) is 0. The summed E-state index contributed by atoms with van der Waals surface area (Å²) in [6, 6.07) is 19.7. The van der Waals surface area contributed by atoms with E-state index in [4.69, 9.17) is 0 Å². The highest BCUT2D eigenvalue weighted by Gasteiger charge is 1.95. The van der Waals surface area contributed by atoms with Crippen molar-refractivity contribution in [2.75, 3.05) is 0 Å². The third kappa shape index (κ3) is 4.83. The van der Waals surface area contributed by atoms with Gasteiger partial charge in [-0.15, -0.1) is 0 Å². The minimum atomic E-state index is -0.531. The van der Waals surface area contributed by atoms with Gasteiger partial charge >= 0.3 is 0 Å². The van der Waals surface area contributed by atoms with Crippen molar-refractivity contribution in [3.8, 4) is 11.8 Å². The van der Waals surface area contributed by atoms with Gasteiger partial charge in [0.15, 0.2) is 0 Å². The molecule has 1 unspecified atom stereocenters. The molecule has 0 aliphatic rings. The van der Waals surface area contributed by atoms with Gasteiger partial charge in [0.1, 0.15) is 0 Å². The highest BCUT2D eigenvalue weighted by Crippen LogP contribution is 2.03. The zero-order valence-corrected chi connectivity index (χ0v) is 10.7. The summed E-state index contributed by atoms with van der Waals surface area (Å²) in [5.74, 6) is 6.02. The van der Waals surface area contributed by atoms with E-state index in [1.54, 1.807) is 6.08 Å². The van der Waals surface area contributed by atoms with Gasteiger partial charge < -0.3 is 5.11 Å². The van der Waals surface area contributed by atoms with Crippen molar-refractivity contribution in [3.63, 3.8) is 0 Å². The van der Waals surface area contributed by atoms with Gasteiger partial charge in [-0.25, -0.2) is 0 Å². The lowest BCUT2D eigenvalue weighted by Gasteiger charge is -1.98.